The number of pyridine rings is 1. The van der Waals surface area contributed by atoms with E-state index in [1.165, 1.54) is 5.56 Å². The molecule has 0 spiro atoms. The minimum absolute atomic E-state index is 0.0206. The van der Waals surface area contributed by atoms with Crippen LogP contribution in [-0.4, -0.2) is 16.9 Å². The summed E-state index contributed by atoms with van der Waals surface area (Å²) in [6.45, 7) is 12.0. The van der Waals surface area contributed by atoms with Crippen LogP contribution in [0.5, 0.6) is 5.75 Å². The quantitative estimate of drug-likeness (QED) is 0.530. The maximum atomic E-state index is 12.4. The van der Waals surface area contributed by atoms with Crippen molar-refractivity contribution in [2.24, 2.45) is 0 Å². The SMILES string of the molecule is CCC(CC)Oc1cc(C)nc(Nc2c(C)cc(C)cc2C)c1C(=O)C#N. The molecule has 0 amide bonds. The molecule has 1 heterocycles. The molecule has 5 nitrogen and oxygen atoms in total. The second-order valence-electron chi connectivity index (χ2n) is 6.88. The van der Waals surface area contributed by atoms with Crippen LogP contribution in [0.1, 0.15) is 59.4 Å². The van der Waals surface area contributed by atoms with E-state index in [4.69, 9.17) is 4.74 Å². The number of hydrogen-bond acceptors (Lipinski definition) is 5. The number of hydrogen-bond donors (Lipinski definition) is 1. The molecule has 2 rings (SSSR count). The standard InChI is InChI=1S/C22H27N3O2/c1-7-17(8-2)27-19-11-16(6)24-22(20(19)18(26)12-23)25-21-14(4)9-13(3)10-15(21)5/h9-11,17H,7-8H2,1-6H3,(H,24,25). The normalized spacial score (nSPS) is 10.6. The maximum absolute atomic E-state index is 12.4. The molecule has 2 aromatic rings. The van der Waals surface area contributed by atoms with Gasteiger partial charge in [0.1, 0.15) is 23.2 Å². The molecule has 0 radical (unpaired) electrons. The molecule has 0 atom stereocenters. The number of ketones is 1. The molecule has 0 unspecified atom stereocenters. The highest BCUT2D eigenvalue weighted by atomic mass is 16.5. The zero-order chi connectivity index (χ0) is 20.1. The lowest BCUT2D eigenvalue weighted by Crippen LogP contribution is -2.17. The van der Waals surface area contributed by atoms with Gasteiger partial charge in [0.25, 0.3) is 5.78 Å². The minimum Gasteiger partial charge on any atom is -0.489 e. The molecule has 5 heteroatoms. The largest absolute Gasteiger partial charge is 0.489 e. The molecule has 0 aliphatic rings. The number of nitriles is 1. The van der Waals surface area contributed by atoms with Crippen molar-refractivity contribution in [1.29, 1.82) is 5.26 Å². The highest BCUT2D eigenvalue weighted by molar-refractivity contribution is 6.13. The second-order valence-corrected chi connectivity index (χ2v) is 6.88. The summed E-state index contributed by atoms with van der Waals surface area (Å²) in [5, 5.41) is 12.5. The van der Waals surface area contributed by atoms with E-state index in [9.17, 15) is 10.1 Å². The summed E-state index contributed by atoms with van der Waals surface area (Å²) in [4.78, 5) is 16.9. The Bertz CT molecular complexity index is 870. The van der Waals surface area contributed by atoms with Crippen LogP contribution in [0.15, 0.2) is 18.2 Å². The van der Waals surface area contributed by atoms with Crippen LogP contribution >= 0.6 is 0 Å². The summed E-state index contributed by atoms with van der Waals surface area (Å²) >= 11 is 0. The van der Waals surface area contributed by atoms with Gasteiger partial charge in [-0.1, -0.05) is 31.5 Å². The van der Waals surface area contributed by atoms with Gasteiger partial charge >= 0.3 is 0 Å². The Morgan fingerprint density at radius 3 is 2.26 bits per heavy atom. The molecule has 0 aliphatic heterocycles. The van der Waals surface area contributed by atoms with E-state index in [0.29, 0.717) is 11.6 Å². The smallest absolute Gasteiger partial charge is 0.269 e. The van der Waals surface area contributed by atoms with Crippen molar-refractivity contribution in [3.8, 4) is 11.8 Å². The number of carbonyl (C=O) groups is 1. The number of nitrogens with one attached hydrogen (secondary N) is 1. The van der Waals surface area contributed by atoms with Gasteiger partial charge in [0.2, 0.25) is 0 Å². The number of aromatic nitrogens is 1. The van der Waals surface area contributed by atoms with Crippen molar-refractivity contribution in [3.05, 3.63) is 46.1 Å². The van der Waals surface area contributed by atoms with E-state index in [2.05, 4.69) is 22.4 Å². The molecular weight excluding hydrogens is 338 g/mol. The van der Waals surface area contributed by atoms with E-state index < -0.39 is 5.78 Å². The molecule has 0 saturated heterocycles. The van der Waals surface area contributed by atoms with E-state index in [1.54, 1.807) is 12.1 Å². The van der Waals surface area contributed by atoms with Crippen molar-refractivity contribution in [2.75, 3.05) is 5.32 Å². The Morgan fingerprint density at radius 2 is 1.74 bits per heavy atom. The van der Waals surface area contributed by atoms with E-state index >= 15 is 0 Å². The van der Waals surface area contributed by atoms with Crippen LogP contribution in [0.3, 0.4) is 0 Å². The maximum Gasteiger partial charge on any atom is 0.269 e. The van der Waals surface area contributed by atoms with Crippen LogP contribution in [0.2, 0.25) is 0 Å². The first-order valence-corrected chi connectivity index (χ1v) is 9.28. The van der Waals surface area contributed by atoms with Gasteiger partial charge in [-0.2, -0.15) is 5.26 Å². The minimum atomic E-state index is -0.659. The van der Waals surface area contributed by atoms with Crippen LogP contribution in [0.4, 0.5) is 11.5 Å². The third-order valence-corrected chi connectivity index (χ3v) is 4.56. The first kappa shape index (κ1) is 20.4. The number of nitrogens with zero attached hydrogens (tertiary/aromatic N) is 2. The summed E-state index contributed by atoms with van der Waals surface area (Å²) in [6, 6.07) is 7.58. The molecule has 1 aromatic carbocycles. The summed E-state index contributed by atoms with van der Waals surface area (Å²) in [6.07, 6.45) is 1.61. The molecule has 0 aliphatic carbocycles. The van der Waals surface area contributed by atoms with E-state index in [-0.39, 0.29) is 11.7 Å². The Morgan fingerprint density at radius 1 is 1.15 bits per heavy atom. The Balaban J connectivity index is 2.60. The van der Waals surface area contributed by atoms with Crippen molar-refractivity contribution < 1.29 is 9.53 Å². The molecule has 0 bridgehead atoms. The molecular formula is C22H27N3O2. The number of aryl methyl sites for hydroxylation is 4. The topological polar surface area (TPSA) is 75.0 Å². The first-order valence-electron chi connectivity index (χ1n) is 9.28. The van der Waals surface area contributed by atoms with Gasteiger partial charge in [0, 0.05) is 17.4 Å². The third-order valence-electron chi connectivity index (χ3n) is 4.56. The fourth-order valence-electron chi connectivity index (χ4n) is 3.23. The number of carbonyl (C=O) groups excluding carboxylic acids is 1. The molecule has 27 heavy (non-hydrogen) atoms. The lowest BCUT2D eigenvalue weighted by atomic mass is 10.0. The number of rotatable bonds is 7. The molecule has 142 valence electrons. The van der Waals surface area contributed by atoms with Gasteiger partial charge in [-0.15, -0.1) is 0 Å². The summed E-state index contributed by atoms with van der Waals surface area (Å²) < 4.78 is 6.05. The number of Topliss-reactive ketones (excluding diaryl/α,β-unsaturated/α-hetero) is 1. The van der Waals surface area contributed by atoms with Gasteiger partial charge in [0.05, 0.1) is 6.10 Å². The monoisotopic (exact) mass is 365 g/mol. The van der Waals surface area contributed by atoms with Crippen molar-refractivity contribution in [3.63, 3.8) is 0 Å². The molecule has 1 N–H and O–H groups in total. The van der Waals surface area contributed by atoms with Gasteiger partial charge in [-0.05, 0) is 51.7 Å². The zero-order valence-corrected chi connectivity index (χ0v) is 16.9. The van der Waals surface area contributed by atoms with Crippen molar-refractivity contribution >= 4 is 17.3 Å². The lowest BCUT2D eigenvalue weighted by Gasteiger charge is -2.21. The van der Waals surface area contributed by atoms with Crippen molar-refractivity contribution in [2.45, 2.75) is 60.5 Å². The summed E-state index contributed by atoms with van der Waals surface area (Å²) in [5.74, 6) is 0.110. The van der Waals surface area contributed by atoms with Gasteiger partial charge in [-0.3, -0.25) is 4.79 Å². The van der Waals surface area contributed by atoms with Crippen molar-refractivity contribution in [1.82, 2.24) is 4.98 Å². The first-order chi connectivity index (χ1) is 12.8. The average molecular weight is 365 g/mol. The number of benzene rings is 1. The van der Waals surface area contributed by atoms with Gasteiger partial charge < -0.3 is 10.1 Å². The zero-order valence-electron chi connectivity index (χ0n) is 16.9. The van der Waals surface area contributed by atoms with E-state index in [0.717, 1.165) is 35.3 Å². The van der Waals surface area contributed by atoms with E-state index in [1.807, 2.05) is 41.5 Å². The highest BCUT2D eigenvalue weighted by Gasteiger charge is 2.22. The number of anilines is 2. The summed E-state index contributed by atoms with van der Waals surface area (Å²) in [7, 11) is 0. The lowest BCUT2D eigenvalue weighted by molar-refractivity contribution is 0.104. The summed E-state index contributed by atoms with van der Waals surface area (Å²) in [5.41, 5.74) is 5.06. The Hall–Kier alpha value is -2.87. The highest BCUT2D eigenvalue weighted by Crippen LogP contribution is 2.33. The number of ether oxygens (including phenoxy) is 1. The van der Waals surface area contributed by atoms with Crippen LogP contribution in [-0.2, 0) is 0 Å². The van der Waals surface area contributed by atoms with Crippen LogP contribution < -0.4 is 10.1 Å². The fourth-order valence-corrected chi connectivity index (χ4v) is 3.23. The predicted octanol–water partition coefficient (Wildman–Crippen LogP) is 5.33. The Kier molecular flexibility index (Phi) is 6.57. The second kappa shape index (κ2) is 8.68. The average Bonchev–Trinajstić information content (AvgIpc) is 2.61. The Labute approximate surface area is 161 Å². The molecule has 1 aromatic heterocycles. The fraction of sp³-hybridized carbons (Fsp3) is 0.409. The van der Waals surface area contributed by atoms with Gasteiger partial charge in [-0.25, -0.2) is 4.98 Å². The van der Waals surface area contributed by atoms with Gasteiger partial charge in [0.15, 0.2) is 0 Å². The predicted molar refractivity (Wildman–Crippen MR) is 108 cm³/mol. The molecule has 0 saturated carbocycles. The van der Waals surface area contributed by atoms with Crippen LogP contribution in [0.25, 0.3) is 0 Å². The van der Waals surface area contributed by atoms with Crippen LogP contribution in [0, 0.1) is 39.0 Å². The third kappa shape index (κ3) is 4.65. The molecule has 0 fully saturated rings.